The quantitative estimate of drug-likeness (QED) is 0.596. The van der Waals surface area contributed by atoms with Crippen LogP contribution in [0.1, 0.15) is 26.7 Å². The maximum absolute atomic E-state index is 5.52. The van der Waals surface area contributed by atoms with Crippen LogP contribution in [-0.4, -0.2) is 6.61 Å². The van der Waals surface area contributed by atoms with E-state index < -0.39 is 0 Å². The minimum atomic E-state index is 0.646. The number of rotatable bonds is 1. The van der Waals surface area contributed by atoms with Gasteiger partial charge in [0.15, 0.2) is 0 Å². The van der Waals surface area contributed by atoms with Crippen molar-refractivity contribution in [2.45, 2.75) is 26.7 Å². The molecule has 1 aliphatic heterocycles. The molecule has 0 atom stereocenters. The van der Waals surface area contributed by atoms with Gasteiger partial charge in [0.25, 0.3) is 0 Å². The van der Waals surface area contributed by atoms with Gasteiger partial charge in [-0.2, -0.15) is 0 Å². The fourth-order valence-corrected chi connectivity index (χ4v) is 1.76. The second-order valence-electron chi connectivity index (χ2n) is 3.96. The van der Waals surface area contributed by atoms with Crippen LogP contribution in [0, 0.1) is 5.92 Å². The Morgan fingerprint density at radius 1 is 1.31 bits per heavy atom. The first-order chi connectivity index (χ1) is 6.27. The third-order valence-electron chi connectivity index (χ3n) is 2.71. The molecule has 0 spiro atoms. The van der Waals surface area contributed by atoms with E-state index >= 15 is 0 Å². The first-order valence-corrected chi connectivity index (χ1v) is 5.00. The molecule has 2 rings (SSSR count). The second-order valence-corrected chi connectivity index (χ2v) is 3.96. The topological polar surface area (TPSA) is 9.23 Å². The van der Waals surface area contributed by atoms with Crippen molar-refractivity contribution < 1.29 is 4.74 Å². The van der Waals surface area contributed by atoms with E-state index in [0.29, 0.717) is 5.92 Å². The van der Waals surface area contributed by atoms with Crippen LogP contribution < -0.4 is 0 Å². The normalized spacial score (nSPS) is 21.3. The molecule has 0 bridgehead atoms. The molecule has 1 fully saturated rings. The Bertz CT molecular complexity index is 292. The summed E-state index contributed by atoms with van der Waals surface area (Å²) in [4.78, 5) is 0. The van der Waals surface area contributed by atoms with Crippen LogP contribution in [0.3, 0.4) is 0 Å². The molecule has 2 aliphatic rings. The van der Waals surface area contributed by atoms with Crippen molar-refractivity contribution in [1.29, 1.82) is 0 Å². The number of allylic oxidation sites excluding steroid dienone is 5. The first kappa shape index (κ1) is 8.61. The zero-order valence-corrected chi connectivity index (χ0v) is 8.34. The highest BCUT2D eigenvalue weighted by Gasteiger charge is 2.16. The lowest BCUT2D eigenvalue weighted by Crippen LogP contribution is -1.91. The molecular formula is C12H16O. The molecule has 1 saturated heterocycles. The van der Waals surface area contributed by atoms with Crippen LogP contribution in [-0.2, 0) is 4.74 Å². The average molecular weight is 176 g/mol. The SMILES string of the molecule is CC(C)C1=CC=C2CCOC2=CC1. The van der Waals surface area contributed by atoms with Crippen molar-refractivity contribution in [3.63, 3.8) is 0 Å². The summed E-state index contributed by atoms with van der Waals surface area (Å²) in [7, 11) is 0. The Labute approximate surface area is 79.8 Å². The van der Waals surface area contributed by atoms with Crippen LogP contribution in [0.4, 0.5) is 0 Å². The molecule has 0 aromatic carbocycles. The van der Waals surface area contributed by atoms with Crippen LogP contribution in [0.2, 0.25) is 0 Å². The van der Waals surface area contributed by atoms with Gasteiger partial charge in [-0.15, -0.1) is 0 Å². The summed E-state index contributed by atoms with van der Waals surface area (Å²) in [5.41, 5.74) is 2.87. The molecule has 70 valence electrons. The molecule has 0 unspecified atom stereocenters. The van der Waals surface area contributed by atoms with Gasteiger partial charge in [-0.3, -0.25) is 0 Å². The Morgan fingerprint density at radius 3 is 2.92 bits per heavy atom. The summed E-state index contributed by atoms with van der Waals surface area (Å²) in [6, 6.07) is 0. The van der Waals surface area contributed by atoms with Gasteiger partial charge in [0, 0.05) is 6.42 Å². The molecule has 0 radical (unpaired) electrons. The van der Waals surface area contributed by atoms with Gasteiger partial charge >= 0.3 is 0 Å². The summed E-state index contributed by atoms with van der Waals surface area (Å²) in [5, 5.41) is 0. The van der Waals surface area contributed by atoms with Crippen LogP contribution in [0.15, 0.2) is 35.1 Å². The van der Waals surface area contributed by atoms with E-state index in [9.17, 15) is 0 Å². The van der Waals surface area contributed by atoms with E-state index in [2.05, 4.69) is 32.1 Å². The molecule has 1 nitrogen and oxygen atoms in total. The Kier molecular flexibility index (Phi) is 2.26. The van der Waals surface area contributed by atoms with E-state index in [-0.39, 0.29) is 0 Å². The number of hydrogen-bond acceptors (Lipinski definition) is 1. The molecule has 0 aromatic heterocycles. The van der Waals surface area contributed by atoms with E-state index in [1.807, 2.05) is 0 Å². The van der Waals surface area contributed by atoms with Crippen molar-refractivity contribution in [1.82, 2.24) is 0 Å². The third-order valence-corrected chi connectivity index (χ3v) is 2.71. The van der Waals surface area contributed by atoms with Crippen molar-refractivity contribution in [3.05, 3.63) is 35.1 Å². The zero-order valence-electron chi connectivity index (χ0n) is 8.34. The largest absolute Gasteiger partial charge is 0.493 e. The molecule has 0 aromatic rings. The molecule has 1 aliphatic carbocycles. The summed E-state index contributed by atoms with van der Waals surface area (Å²) >= 11 is 0. The lowest BCUT2D eigenvalue weighted by Gasteiger charge is -2.06. The van der Waals surface area contributed by atoms with E-state index in [0.717, 1.165) is 25.2 Å². The Morgan fingerprint density at radius 2 is 2.15 bits per heavy atom. The minimum Gasteiger partial charge on any atom is -0.493 e. The fraction of sp³-hybridized carbons (Fsp3) is 0.500. The predicted octanol–water partition coefficient (Wildman–Crippen LogP) is 3.20. The van der Waals surface area contributed by atoms with Gasteiger partial charge in [0.1, 0.15) is 5.76 Å². The Hall–Kier alpha value is -0.980. The molecule has 1 heterocycles. The van der Waals surface area contributed by atoms with E-state index in [1.54, 1.807) is 0 Å². The van der Waals surface area contributed by atoms with Gasteiger partial charge in [0.2, 0.25) is 0 Å². The van der Waals surface area contributed by atoms with Gasteiger partial charge in [0.05, 0.1) is 6.61 Å². The summed E-state index contributed by atoms with van der Waals surface area (Å²) in [5.74, 6) is 1.76. The maximum Gasteiger partial charge on any atom is 0.118 e. The second kappa shape index (κ2) is 3.41. The van der Waals surface area contributed by atoms with Crippen molar-refractivity contribution >= 4 is 0 Å². The lowest BCUT2D eigenvalue weighted by atomic mass is 10.0. The van der Waals surface area contributed by atoms with Crippen LogP contribution in [0.25, 0.3) is 0 Å². The van der Waals surface area contributed by atoms with Gasteiger partial charge in [-0.1, -0.05) is 31.6 Å². The summed E-state index contributed by atoms with van der Waals surface area (Å²) in [6.07, 6.45) is 8.83. The van der Waals surface area contributed by atoms with E-state index in [4.69, 9.17) is 4.74 Å². The fourth-order valence-electron chi connectivity index (χ4n) is 1.76. The zero-order chi connectivity index (χ0) is 9.26. The van der Waals surface area contributed by atoms with Crippen molar-refractivity contribution in [2.75, 3.05) is 6.61 Å². The Balaban J connectivity index is 2.25. The molecule has 1 heteroatoms. The highest BCUT2D eigenvalue weighted by atomic mass is 16.5. The number of hydrogen-bond donors (Lipinski definition) is 0. The summed E-state index contributed by atoms with van der Waals surface area (Å²) < 4.78 is 5.52. The highest BCUT2D eigenvalue weighted by molar-refractivity contribution is 5.37. The molecule has 0 N–H and O–H groups in total. The van der Waals surface area contributed by atoms with Crippen LogP contribution in [0.5, 0.6) is 0 Å². The predicted molar refractivity (Wildman–Crippen MR) is 54.3 cm³/mol. The maximum atomic E-state index is 5.52. The van der Waals surface area contributed by atoms with Crippen molar-refractivity contribution in [2.24, 2.45) is 5.92 Å². The molecular weight excluding hydrogens is 160 g/mol. The summed E-state index contributed by atoms with van der Waals surface area (Å²) in [6.45, 7) is 5.35. The molecule has 0 saturated carbocycles. The average Bonchev–Trinajstić information content (AvgIpc) is 2.44. The molecule has 13 heavy (non-hydrogen) atoms. The third kappa shape index (κ3) is 1.69. The lowest BCUT2D eigenvalue weighted by molar-refractivity contribution is 0.264. The molecule has 0 amide bonds. The minimum absolute atomic E-state index is 0.646. The monoisotopic (exact) mass is 176 g/mol. The van der Waals surface area contributed by atoms with E-state index in [1.165, 1.54) is 11.1 Å². The van der Waals surface area contributed by atoms with Gasteiger partial charge in [-0.25, -0.2) is 0 Å². The van der Waals surface area contributed by atoms with Gasteiger partial charge < -0.3 is 4.74 Å². The standard InChI is InChI=1S/C12H16O/c1-9(2)10-3-4-11-7-8-13-12(11)6-5-10/h3-4,6,9H,5,7-8H2,1-2H3. The van der Waals surface area contributed by atoms with Crippen molar-refractivity contribution in [3.8, 4) is 0 Å². The van der Waals surface area contributed by atoms with Crippen LogP contribution >= 0.6 is 0 Å². The smallest absolute Gasteiger partial charge is 0.118 e. The van der Waals surface area contributed by atoms with Gasteiger partial charge in [-0.05, 0) is 24.0 Å². The number of fused-ring (bicyclic) bond motifs is 1. The highest BCUT2D eigenvalue weighted by Crippen LogP contribution is 2.29. The number of ether oxygens (including phenoxy) is 1. The first-order valence-electron chi connectivity index (χ1n) is 5.00.